The second kappa shape index (κ2) is 14.3. The molecule has 4 aromatic carbocycles. The predicted molar refractivity (Wildman–Crippen MR) is 190 cm³/mol. The molecule has 0 saturated heterocycles. The molecule has 1 unspecified atom stereocenters. The van der Waals surface area contributed by atoms with Crippen molar-refractivity contribution in [3.63, 3.8) is 0 Å². The van der Waals surface area contributed by atoms with Crippen LogP contribution >= 0.6 is 0 Å². The number of benzene rings is 4. The molecular formula is C39H37N3O6S. The number of fused-ring (bicyclic) bond motifs is 1. The summed E-state index contributed by atoms with van der Waals surface area (Å²) in [5, 5.41) is -1.07. The Labute approximate surface area is 286 Å². The quantitative estimate of drug-likeness (QED) is 0.0912. The Morgan fingerprint density at radius 2 is 1.57 bits per heavy atom. The lowest BCUT2D eigenvalue weighted by atomic mass is 9.98. The molecule has 1 aromatic heterocycles. The van der Waals surface area contributed by atoms with Crippen LogP contribution in [0.5, 0.6) is 0 Å². The first-order valence-corrected chi connectivity index (χ1v) is 17.2. The van der Waals surface area contributed by atoms with Gasteiger partial charge in [-0.15, -0.1) is 6.42 Å². The van der Waals surface area contributed by atoms with Crippen molar-refractivity contribution in [1.29, 1.82) is 0 Å². The van der Waals surface area contributed by atoms with Crippen molar-refractivity contribution < 1.29 is 22.7 Å². The summed E-state index contributed by atoms with van der Waals surface area (Å²) in [6, 6.07) is 28.4. The van der Waals surface area contributed by atoms with Crippen molar-refractivity contribution in [3.05, 3.63) is 136 Å². The smallest absolute Gasteiger partial charge is 0.312 e. The SMILES string of the molecule is C#CCN(Cc1ccc2nc(C)n(COC(=O)C(C)(C)C)c(=O)c2c1)c1ccc(C(=O)C(c2ccccc2)S(=O)(=O)c2ccccc2)cc1. The van der Waals surface area contributed by atoms with Gasteiger partial charge in [-0.2, -0.15) is 0 Å². The Balaban J connectivity index is 1.42. The van der Waals surface area contributed by atoms with Crippen LogP contribution in [-0.4, -0.2) is 36.3 Å². The zero-order valence-corrected chi connectivity index (χ0v) is 28.6. The molecule has 0 fully saturated rings. The minimum absolute atomic E-state index is 0.0624. The summed E-state index contributed by atoms with van der Waals surface area (Å²) in [6.45, 7) is 7.19. The number of carbonyl (C=O) groups is 2. The maximum atomic E-state index is 13.9. The van der Waals surface area contributed by atoms with Crippen molar-refractivity contribution in [2.24, 2.45) is 5.41 Å². The number of esters is 1. The molecule has 250 valence electrons. The first-order chi connectivity index (χ1) is 23.3. The maximum absolute atomic E-state index is 13.9. The number of ketones is 1. The summed E-state index contributed by atoms with van der Waals surface area (Å²) >= 11 is 0. The van der Waals surface area contributed by atoms with Crippen molar-refractivity contribution in [2.45, 2.75) is 51.1 Å². The van der Waals surface area contributed by atoms with E-state index < -0.39 is 32.3 Å². The second-order valence-electron chi connectivity index (χ2n) is 12.7. The van der Waals surface area contributed by atoms with E-state index in [1.54, 1.807) is 113 Å². The van der Waals surface area contributed by atoms with Crippen LogP contribution in [-0.2, 0) is 32.6 Å². The molecule has 0 aliphatic heterocycles. The molecule has 5 aromatic rings. The van der Waals surface area contributed by atoms with Gasteiger partial charge in [-0.3, -0.25) is 19.0 Å². The third kappa shape index (κ3) is 7.63. The molecule has 1 heterocycles. The Hall–Kier alpha value is -5.53. The van der Waals surface area contributed by atoms with Gasteiger partial charge < -0.3 is 9.64 Å². The molecule has 0 radical (unpaired) electrons. The fraction of sp³-hybridized carbons (Fsp3) is 0.231. The standard InChI is InChI=1S/C39H37N3O6S/c1-6-23-41(25-28-17-22-34-33(24-28)37(44)42(27(2)40-34)26-48-38(45)39(3,4)5)31-20-18-29(19-21-31)35(43)36(30-13-9-7-10-14-30)49(46,47)32-15-11-8-12-16-32/h1,7-22,24,36H,23,25-26H2,2-5H3. The molecular weight excluding hydrogens is 639 g/mol. The van der Waals surface area contributed by atoms with Gasteiger partial charge in [0.25, 0.3) is 5.56 Å². The van der Waals surface area contributed by atoms with Gasteiger partial charge in [0.05, 0.1) is 27.8 Å². The number of sulfone groups is 1. The zero-order valence-electron chi connectivity index (χ0n) is 27.8. The van der Waals surface area contributed by atoms with E-state index in [0.29, 0.717) is 34.5 Å². The Morgan fingerprint density at radius 1 is 0.939 bits per heavy atom. The van der Waals surface area contributed by atoms with Crippen LogP contribution in [0.3, 0.4) is 0 Å². The van der Waals surface area contributed by atoms with Gasteiger partial charge in [-0.05, 0) is 87.4 Å². The van der Waals surface area contributed by atoms with Gasteiger partial charge >= 0.3 is 5.97 Å². The fourth-order valence-corrected chi connectivity index (χ4v) is 7.11. The number of ether oxygens (including phenoxy) is 1. The van der Waals surface area contributed by atoms with Gasteiger partial charge in [-0.25, -0.2) is 13.4 Å². The minimum Gasteiger partial charge on any atom is -0.443 e. The summed E-state index contributed by atoms with van der Waals surface area (Å²) in [6.07, 6.45) is 5.73. The number of terminal acetylenes is 1. The minimum atomic E-state index is -4.06. The Bertz CT molecular complexity index is 2200. The third-order valence-corrected chi connectivity index (χ3v) is 10.1. The molecule has 0 bridgehead atoms. The van der Waals surface area contributed by atoms with Gasteiger partial charge in [0.1, 0.15) is 5.82 Å². The molecule has 49 heavy (non-hydrogen) atoms. The average molecular weight is 676 g/mol. The van der Waals surface area contributed by atoms with Crippen LogP contribution in [0.25, 0.3) is 10.9 Å². The normalized spacial score (nSPS) is 12.2. The van der Waals surface area contributed by atoms with Crippen molar-refractivity contribution >= 4 is 38.2 Å². The highest BCUT2D eigenvalue weighted by Gasteiger charge is 2.36. The Morgan fingerprint density at radius 3 is 2.18 bits per heavy atom. The lowest BCUT2D eigenvalue weighted by molar-refractivity contribution is -0.157. The lowest BCUT2D eigenvalue weighted by Crippen LogP contribution is -2.30. The molecule has 9 nitrogen and oxygen atoms in total. The third-order valence-electron chi connectivity index (χ3n) is 8.04. The van der Waals surface area contributed by atoms with Crippen LogP contribution in [0.2, 0.25) is 0 Å². The molecule has 1 atom stereocenters. The fourth-order valence-electron chi connectivity index (χ4n) is 5.37. The number of hydrogen-bond acceptors (Lipinski definition) is 8. The largest absolute Gasteiger partial charge is 0.443 e. The van der Waals surface area contributed by atoms with Gasteiger partial charge in [0.15, 0.2) is 27.6 Å². The maximum Gasteiger partial charge on any atom is 0.312 e. The van der Waals surface area contributed by atoms with Crippen LogP contribution in [0, 0.1) is 24.7 Å². The van der Waals surface area contributed by atoms with Crippen molar-refractivity contribution in [2.75, 3.05) is 11.4 Å². The zero-order chi connectivity index (χ0) is 35.3. The summed E-state index contributed by atoms with van der Waals surface area (Å²) in [7, 11) is -4.06. The van der Waals surface area contributed by atoms with E-state index in [4.69, 9.17) is 11.2 Å². The monoisotopic (exact) mass is 675 g/mol. The highest BCUT2D eigenvalue weighted by molar-refractivity contribution is 7.92. The molecule has 0 aliphatic carbocycles. The van der Waals surface area contributed by atoms with E-state index in [1.807, 2.05) is 11.0 Å². The van der Waals surface area contributed by atoms with Crippen LogP contribution in [0.15, 0.2) is 113 Å². The first-order valence-electron chi connectivity index (χ1n) is 15.6. The topological polar surface area (TPSA) is 116 Å². The van der Waals surface area contributed by atoms with E-state index in [2.05, 4.69) is 10.9 Å². The second-order valence-corrected chi connectivity index (χ2v) is 14.7. The van der Waals surface area contributed by atoms with Crippen LogP contribution < -0.4 is 10.5 Å². The van der Waals surface area contributed by atoms with Gasteiger partial charge in [0, 0.05) is 17.8 Å². The number of anilines is 1. The van der Waals surface area contributed by atoms with E-state index in [-0.39, 0.29) is 29.3 Å². The van der Waals surface area contributed by atoms with Crippen LogP contribution in [0.1, 0.15) is 53.3 Å². The van der Waals surface area contributed by atoms with Crippen molar-refractivity contribution in [3.8, 4) is 12.3 Å². The number of aryl methyl sites for hydroxylation is 1. The summed E-state index contributed by atoms with van der Waals surface area (Å²) in [5.74, 6) is 2.10. The number of Topliss-reactive ketones (excluding diaryl/α,β-unsaturated/α-hetero) is 1. The number of hydrogen-bond donors (Lipinski definition) is 0. The van der Waals surface area contributed by atoms with E-state index in [1.165, 1.54) is 16.7 Å². The van der Waals surface area contributed by atoms with Crippen molar-refractivity contribution in [1.82, 2.24) is 9.55 Å². The van der Waals surface area contributed by atoms with E-state index in [9.17, 15) is 22.8 Å². The number of nitrogens with zero attached hydrogens (tertiary/aromatic N) is 3. The molecule has 0 N–H and O–H groups in total. The average Bonchev–Trinajstić information content (AvgIpc) is 3.08. The highest BCUT2D eigenvalue weighted by Crippen LogP contribution is 2.33. The molecule has 0 amide bonds. The Kier molecular flexibility index (Phi) is 10.2. The molecule has 0 saturated carbocycles. The van der Waals surface area contributed by atoms with Gasteiger partial charge in [-0.1, -0.05) is 60.5 Å². The van der Waals surface area contributed by atoms with E-state index in [0.717, 1.165) is 5.56 Å². The summed E-state index contributed by atoms with van der Waals surface area (Å²) in [4.78, 5) is 46.2. The number of aromatic nitrogens is 2. The first kappa shape index (κ1) is 34.8. The lowest BCUT2D eigenvalue weighted by Gasteiger charge is -2.23. The number of rotatable bonds is 11. The predicted octanol–water partition coefficient (Wildman–Crippen LogP) is 6.29. The highest BCUT2D eigenvalue weighted by atomic mass is 32.2. The molecule has 10 heteroatoms. The van der Waals surface area contributed by atoms with Gasteiger partial charge in [0.2, 0.25) is 0 Å². The number of carbonyl (C=O) groups excluding carboxylic acids is 2. The molecule has 0 aliphatic rings. The van der Waals surface area contributed by atoms with Crippen LogP contribution in [0.4, 0.5) is 5.69 Å². The van der Waals surface area contributed by atoms with E-state index >= 15 is 0 Å². The molecule has 0 spiro atoms. The summed E-state index contributed by atoms with van der Waals surface area (Å²) < 4.78 is 34.3. The molecule has 5 rings (SSSR count). The summed E-state index contributed by atoms with van der Waals surface area (Å²) in [5.41, 5.74) is 1.54.